The lowest BCUT2D eigenvalue weighted by atomic mass is 9.88. The molecule has 110 valence electrons. The molecule has 0 aliphatic carbocycles. The van der Waals surface area contributed by atoms with E-state index in [9.17, 15) is 0 Å². The normalized spacial score (nSPS) is 10.8. The van der Waals surface area contributed by atoms with Crippen LogP contribution in [0.1, 0.15) is 24.5 Å². The molecule has 0 spiro atoms. The smallest absolute Gasteiger partial charge is 0.0681 e. The largest absolute Gasteiger partial charge is 0.396 e. The molecule has 0 aromatic heterocycles. The summed E-state index contributed by atoms with van der Waals surface area (Å²) in [6.45, 7) is 1.48. The Hall–Kier alpha value is -0.980. The highest BCUT2D eigenvalue weighted by Crippen LogP contribution is 2.18. The predicted octanol–water partition coefficient (Wildman–Crippen LogP) is 0.0309. The Balaban J connectivity index is 0.000000344. The maximum Gasteiger partial charge on any atom is 0.0681 e. The van der Waals surface area contributed by atoms with Gasteiger partial charge in [0, 0.05) is 5.41 Å². The van der Waals surface area contributed by atoms with E-state index in [0.717, 1.165) is 11.1 Å². The molecular formula is C14H24O5. The van der Waals surface area contributed by atoms with Crippen molar-refractivity contribution in [3.8, 4) is 0 Å². The van der Waals surface area contributed by atoms with Gasteiger partial charge < -0.3 is 25.5 Å². The topological polar surface area (TPSA) is 101 Å². The molecule has 0 atom stereocenters. The predicted molar refractivity (Wildman–Crippen MR) is 72.3 cm³/mol. The lowest BCUT2D eigenvalue weighted by molar-refractivity contribution is 0.00304. The first kappa shape index (κ1) is 18.0. The molecule has 0 saturated heterocycles. The van der Waals surface area contributed by atoms with Crippen molar-refractivity contribution < 1.29 is 25.5 Å². The zero-order valence-corrected chi connectivity index (χ0v) is 11.3. The fourth-order valence-corrected chi connectivity index (χ4v) is 1.24. The number of benzene rings is 1. The first-order valence-electron chi connectivity index (χ1n) is 6.23. The minimum atomic E-state index is -0.667. The molecule has 19 heavy (non-hydrogen) atoms. The fraction of sp³-hybridized carbons (Fsp3) is 0.571. The van der Waals surface area contributed by atoms with Crippen LogP contribution in [0, 0.1) is 5.41 Å². The minimum Gasteiger partial charge on any atom is -0.396 e. The van der Waals surface area contributed by atoms with Gasteiger partial charge in [0.15, 0.2) is 0 Å². The second kappa shape index (κ2) is 9.89. The number of aliphatic hydroxyl groups excluding tert-OH is 5. The van der Waals surface area contributed by atoms with Gasteiger partial charge in [-0.25, -0.2) is 0 Å². The van der Waals surface area contributed by atoms with Gasteiger partial charge in [-0.2, -0.15) is 0 Å². The van der Waals surface area contributed by atoms with Crippen LogP contribution >= 0.6 is 0 Å². The summed E-state index contributed by atoms with van der Waals surface area (Å²) in [6, 6.07) is 7.19. The molecule has 0 aliphatic rings. The van der Waals surface area contributed by atoms with Crippen LogP contribution in [0.25, 0.3) is 0 Å². The van der Waals surface area contributed by atoms with Crippen molar-refractivity contribution in [1.82, 2.24) is 0 Å². The average molecular weight is 272 g/mol. The molecule has 0 amide bonds. The van der Waals surface area contributed by atoms with Crippen LogP contribution in [0.2, 0.25) is 0 Å². The first-order chi connectivity index (χ1) is 9.11. The highest BCUT2D eigenvalue weighted by atomic mass is 16.3. The molecule has 0 heterocycles. The summed E-state index contributed by atoms with van der Waals surface area (Å²) in [5.41, 5.74) is 1.08. The van der Waals surface area contributed by atoms with E-state index in [2.05, 4.69) is 0 Å². The number of aliphatic hydroxyl groups is 5. The Labute approximate surface area is 113 Å². The SMILES string of the molecule is CCC(CO)(CO)CO.OCc1ccc(CO)cc1. The second-order valence-corrected chi connectivity index (χ2v) is 4.46. The molecule has 0 unspecified atom stereocenters. The van der Waals surface area contributed by atoms with E-state index < -0.39 is 5.41 Å². The summed E-state index contributed by atoms with van der Waals surface area (Å²) < 4.78 is 0. The van der Waals surface area contributed by atoms with Gasteiger partial charge in [-0.1, -0.05) is 31.2 Å². The van der Waals surface area contributed by atoms with Crippen LogP contribution in [0.3, 0.4) is 0 Å². The van der Waals surface area contributed by atoms with Crippen molar-refractivity contribution >= 4 is 0 Å². The third-order valence-corrected chi connectivity index (χ3v) is 3.14. The highest BCUT2D eigenvalue weighted by molar-refractivity contribution is 5.21. The van der Waals surface area contributed by atoms with Crippen molar-refractivity contribution in [1.29, 1.82) is 0 Å². The van der Waals surface area contributed by atoms with E-state index in [0.29, 0.717) is 6.42 Å². The summed E-state index contributed by atoms with van der Waals surface area (Å²) in [5.74, 6) is 0. The molecule has 0 aliphatic heterocycles. The van der Waals surface area contributed by atoms with Crippen LogP contribution in [-0.4, -0.2) is 45.4 Å². The van der Waals surface area contributed by atoms with E-state index in [1.54, 1.807) is 24.3 Å². The zero-order valence-electron chi connectivity index (χ0n) is 11.3. The van der Waals surface area contributed by atoms with Gasteiger partial charge in [0.1, 0.15) is 0 Å². The van der Waals surface area contributed by atoms with Gasteiger partial charge in [-0.15, -0.1) is 0 Å². The number of hydrogen-bond donors (Lipinski definition) is 5. The Morgan fingerprint density at radius 1 is 0.737 bits per heavy atom. The van der Waals surface area contributed by atoms with Crippen LogP contribution in [0.4, 0.5) is 0 Å². The Bertz CT molecular complexity index is 279. The fourth-order valence-electron chi connectivity index (χ4n) is 1.24. The molecule has 0 fully saturated rings. The van der Waals surface area contributed by atoms with Crippen molar-refractivity contribution in [3.05, 3.63) is 35.4 Å². The van der Waals surface area contributed by atoms with Crippen molar-refractivity contribution in [2.24, 2.45) is 5.41 Å². The molecule has 5 nitrogen and oxygen atoms in total. The summed E-state index contributed by atoms with van der Waals surface area (Å²) in [4.78, 5) is 0. The monoisotopic (exact) mass is 272 g/mol. The molecule has 5 heteroatoms. The Kier molecular flexibility index (Phi) is 9.38. The third kappa shape index (κ3) is 6.13. The van der Waals surface area contributed by atoms with E-state index in [4.69, 9.17) is 25.5 Å². The van der Waals surface area contributed by atoms with Crippen molar-refractivity contribution in [3.63, 3.8) is 0 Å². The van der Waals surface area contributed by atoms with Gasteiger partial charge in [-0.05, 0) is 17.5 Å². The van der Waals surface area contributed by atoms with Crippen molar-refractivity contribution in [2.75, 3.05) is 19.8 Å². The molecule has 1 rings (SSSR count). The molecule has 0 bridgehead atoms. The Morgan fingerprint density at radius 2 is 1.05 bits per heavy atom. The standard InChI is InChI=1S/C8H10O2.C6H14O3/c9-5-7-1-2-8(6-10)4-3-7;1-2-6(3-7,4-8)5-9/h1-4,9-10H,5-6H2;7-9H,2-5H2,1H3. The van der Waals surface area contributed by atoms with Gasteiger partial charge in [0.2, 0.25) is 0 Å². The molecule has 5 N–H and O–H groups in total. The summed E-state index contributed by atoms with van der Waals surface area (Å²) >= 11 is 0. The maximum absolute atomic E-state index is 8.66. The summed E-state index contributed by atoms with van der Waals surface area (Å²) in [5, 5.41) is 43.2. The van der Waals surface area contributed by atoms with Crippen LogP contribution in [0.5, 0.6) is 0 Å². The Morgan fingerprint density at radius 3 is 1.16 bits per heavy atom. The van der Waals surface area contributed by atoms with E-state index in [1.807, 2.05) is 6.92 Å². The van der Waals surface area contributed by atoms with Crippen LogP contribution in [0.15, 0.2) is 24.3 Å². The highest BCUT2D eigenvalue weighted by Gasteiger charge is 2.24. The van der Waals surface area contributed by atoms with Crippen LogP contribution in [-0.2, 0) is 13.2 Å². The molecule has 0 saturated carbocycles. The van der Waals surface area contributed by atoms with Gasteiger partial charge >= 0.3 is 0 Å². The molecule has 0 radical (unpaired) electrons. The number of rotatable bonds is 6. The van der Waals surface area contributed by atoms with Gasteiger partial charge in [0.05, 0.1) is 33.0 Å². The van der Waals surface area contributed by atoms with E-state index in [-0.39, 0.29) is 33.0 Å². The zero-order chi connectivity index (χ0) is 14.7. The maximum atomic E-state index is 8.66. The molecule has 1 aromatic carbocycles. The van der Waals surface area contributed by atoms with Gasteiger partial charge in [0.25, 0.3) is 0 Å². The average Bonchev–Trinajstić information content (AvgIpc) is 2.51. The lowest BCUT2D eigenvalue weighted by Gasteiger charge is -2.24. The van der Waals surface area contributed by atoms with Crippen LogP contribution < -0.4 is 0 Å². The molecule has 1 aromatic rings. The lowest BCUT2D eigenvalue weighted by Crippen LogP contribution is -2.32. The molecular weight excluding hydrogens is 248 g/mol. The van der Waals surface area contributed by atoms with Crippen molar-refractivity contribution in [2.45, 2.75) is 26.6 Å². The second-order valence-electron chi connectivity index (χ2n) is 4.46. The number of hydrogen-bond acceptors (Lipinski definition) is 5. The van der Waals surface area contributed by atoms with E-state index in [1.165, 1.54) is 0 Å². The minimum absolute atomic E-state index is 0.0612. The summed E-state index contributed by atoms with van der Waals surface area (Å²) in [6.07, 6.45) is 0.594. The third-order valence-electron chi connectivity index (χ3n) is 3.14. The van der Waals surface area contributed by atoms with E-state index >= 15 is 0 Å². The van der Waals surface area contributed by atoms with Gasteiger partial charge in [-0.3, -0.25) is 0 Å². The first-order valence-corrected chi connectivity index (χ1v) is 6.23. The quantitative estimate of drug-likeness (QED) is 0.503. The summed E-state index contributed by atoms with van der Waals surface area (Å²) in [7, 11) is 0.